The fourth-order valence-corrected chi connectivity index (χ4v) is 3.48. The Balaban J connectivity index is 1.60. The highest BCUT2D eigenvalue weighted by atomic mass is 32.2. The van der Waals surface area contributed by atoms with Gasteiger partial charge in [-0.2, -0.15) is 0 Å². The fraction of sp³-hybridized carbons (Fsp3) is 0.562. The van der Waals surface area contributed by atoms with E-state index in [-0.39, 0.29) is 17.3 Å². The van der Waals surface area contributed by atoms with E-state index in [0.717, 1.165) is 36.6 Å². The molecule has 1 aliphatic heterocycles. The first-order valence-electron chi connectivity index (χ1n) is 8.06. The number of aryl methyl sites for hydroxylation is 1. The predicted molar refractivity (Wildman–Crippen MR) is 90.7 cm³/mol. The second-order valence-corrected chi connectivity index (χ2v) is 7.20. The smallest absolute Gasteiger partial charge is 0.233 e. The van der Waals surface area contributed by atoms with Gasteiger partial charge < -0.3 is 19.0 Å². The van der Waals surface area contributed by atoms with Crippen molar-refractivity contribution in [2.45, 2.75) is 43.2 Å². The van der Waals surface area contributed by atoms with Crippen molar-refractivity contribution >= 4 is 17.7 Å². The molecule has 0 saturated carbocycles. The molecule has 7 nitrogen and oxygen atoms in total. The molecule has 1 fully saturated rings. The van der Waals surface area contributed by atoms with Crippen molar-refractivity contribution in [2.24, 2.45) is 7.05 Å². The van der Waals surface area contributed by atoms with Gasteiger partial charge in [0.1, 0.15) is 5.76 Å². The third-order valence-corrected chi connectivity index (χ3v) is 5.25. The third kappa shape index (κ3) is 3.64. The molecule has 8 heteroatoms. The molecule has 0 spiro atoms. The number of carbonyl (C=O) groups excluding carboxylic acids is 1. The van der Waals surface area contributed by atoms with Crippen LogP contribution in [-0.2, 0) is 16.6 Å². The highest BCUT2D eigenvalue weighted by Gasteiger charge is 2.22. The van der Waals surface area contributed by atoms with E-state index in [0.29, 0.717) is 11.7 Å². The van der Waals surface area contributed by atoms with Gasteiger partial charge >= 0.3 is 0 Å². The van der Waals surface area contributed by atoms with Crippen LogP contribution in [0.1, 0.15) is 25.5 Å². The number of rotatable bonds is 6. The Hall–Kier alpha value is -1.80. The molecule has 0 aliphatic carbocycles. The first-order chi connectivity index (χ1) is 11.6. The van der Waals surface area contributed by atoms with Crippen molar-refractivity contribution in [1.82, 2.24) is 20.1 Å². The first kappa shape index (κ1) is 17.0. The van der Waals surface area contributed by atoms with Gasteiger partial charge in [-0.25, -0.2) is 0 Å². The molecule has 24 heavy (non-hydrogen) atoms. The topological polar surface area (TPSA) is 82.2 Å². The molecule has 2 aromatic rings. The molecule has 2 aromatic heterocycles. The molecule has 3 heterocycles. The second kappa shape index (κ2) is 7.40. The van der Waals surface area contributed by atoms with Gasteiger partial charge in [-0.15, -0.1) is 10.2 Å². The van der Waals surface area contributed by atoms with E-state index in [4.69, 9.17) is 9.15 Å². The summed E-state index contributed by atoms with van der Waals surface area (Å²) < 4.78 is 12.7. The maximum absolute atomic E-state index is 12.2. The van der Waals surface area contributed by atoms with Gasteiger partial charge in [0.2, 0.25) is 5.91 Å². The van der Waals surface area contributed by atoms with Crippen LogP contribution in [0, 0.1) is 6.92 Å². The number of furan rings is 1. The molecule has 1 saturated heterocycles. The largest absolute Gasteiger partial charge is 0.469 e. The van der Waals surface area contributed by atoms with Gasteiger partial charge in [-0.05, 0) is 32.8 Å². The van der Waals surface area contributed by atoms with Crippen LogP contribution in [0.3, 0.4) is 0 Å². The van der Waals surface area contributed by atoms with Crippen LogP contribution in [0.25, 0.3) is 11.4 Å². The van der Waals surface area contributed by atoms with E-state index in [9.17, 15) is 4.79 Å². The minimum absolute atomic E-state index is 0.0143. The number of nitrogens with one attached hydrogen (secondary N) is 1. The maximum Gasteiger partial charge on any atom is 0.233 e. The number of thioether (sulfide) groups is 1. The summed E-state index contributed by atoms with van der Waals surface area (Å²) in [7, 11) is 1.89. The Morgan fingerprint density at radius 2 is 2.38 bits per heavy atom. The molecule has 0 unspecified atom stereocenters. The average molecular weight is 350 g/mol. The minimum atomic E-state index is -0.257. The molecule has 130 valence electrons. The number of ether oxygens (including phenoxy) is 1. The normalized spacial score (nSPS) is 18.7. The Labute approximate surface area is 145 Å². The summed E-state index contributed by atoms with van der Waals surface area (Å²) >= 11 is 1.39. The van der Waals surface area contributed by atoms with Crippen molar-refractivity contribution in [3.8, 4) is 11.4 Å². The molecule has 1 N–H and O–H groups in total. The number of hydrogen-bond donors (Lipinski definition) is 1. The summed E-state index contributed by atoms with van der Waals surface area (Å²) in [5.41, 5.74) is 0.910. The first-order valence-corrected chi connectivity index (χ1v) is 8.94. The number of aromatic nitrogens is 3. The molecule has 0 radical (unpaired) electrons. The average Bonchev–Trinajstić information content (AvgIpc) is 3.29. The van der Waals surface area contributed by atoms with Crippen LogP contribution in [0.15, 0.2) is 21.9 Å². The Morgan fingerprint density at radius 1 is 1.54 bits per heavy atom. The molecule has 1 aliphatic rings. The molecule has 3 rings (SSSR count). The zero-order chi connectivity index (χ0) is 17.1. The van der Waals surface area contributed by atoms with Gasteiger partial charge in [-0.3, -0.25) is 4.79 Å². The lowest BCUT2D eigenvalue weighted by molar-refractivity contribution is -0.120. The number of amides is 1. The highest BCUT2D eigenvalue weighted by Crippen LogP contribution is 2.27. The van der Waals surface area contributed by atoms with Crippen LogP contribution in [0.2, 0.25) is 0 Å². The molecule has 0 bridgehead atoms. The third-order valence-electron chi connectivity index (χ3n) is 4.11. The fourth-order valence-electron chi connectivity index (χ4n) is 2.64. The number of hydrogen-bond acceptors (Lipinski definition) is 6. The monoisotopic (exact) mass is 350 g/mol. The molecular weight excluding hydrogens is 328 g/mol. The minimum Gasteiger partial charge on any atom is -0.469 e. The van der Waals surface area contributed by atoms with Crippen molar-refractivity contribution < 1.29 is 13.9 Å². The van der Waals surface area contributed by atoms with E-state index < -0.39 is 0 Å². The molecule has 0 aromatic carbocycles. The standard InChI is InChI=1S/C16H22N4O3S/c1-10-13(6-8-22-10)14-18-19-16(20(14)3)24-11(2)15(21)17-9-12-5-4-7-23-12/h6,8,11-12H,4-5,7,9H2,1-3H3,(H,17,21)/t11-,12-/m0/s1. The zero-order valence-electron chi connectivity index (χ0n) is 14.1. The molecular formula is C16H22N4O3S. The summed E-state index contributed by atoms with van der Waals surface area (Å²) in [5, 5.41) is 11.8. The van der Waals surface area contributed by atoms with E-state index in [2.05, 4.69) is 15.5 Å². The Kier molecular flexibility index (Phi) is 5.25. The van der Waals surface area contributed by atoms with Crippen LogP contribution in [0.5, 0.6) is 0 Å². The van der Waals surface area contributed by atoms with Gasteiger partial charge in [0.15, 0.2) is 11.0 Å². The second-order valence-electron chi connectivity index (χ2n) is 5.90. The SMILES string of the molecule is Cc1occc1-c1nnc(S[C@@H](C)C(=O)NC[C@@H]2CCCO2)n1C. The predicted octanol–water partition coefficient (Wildman–Crippen LogP) is 2.16. The van der Waals surface area contributed by atoms with E-state index in [1.165, 1.54) is 11.8 Å². The van der Waals surface area contributed by atoms with Crippen molar-refractivity contribution in [2.75, 3.05) is 13.2 Å². The van der Waals surface area contributed by atoms with E-state index in [1.807, 2.05) is 31.5 Å². The lowest BCUT2D eigenvalue weighted by atomic mass is 10.2. The van der Waals surface area contributed by atoms with Crippen LogP contribution in [-0.4, -0.2) is 45.2 Å². The molecule has 2 atom stereocenters. The summed E-state index contributed by atoms with van der Waals surface area (Å²) in [6.07, 6.45) is 3.86. The Morgan fingerprint density at radius 3 is 3.04 bits per heavy atom. The van der Waals surface area contributed by atoms with Crippen LogP contribution < -0.4 is 5.32 Å². The van der Waals surface area contributed by atoms with E-state index in [1.54, 1.807) is 6.26 Å². The summed E-state index contributed by atoms with van der Waals surface area (Å²) in [4.78, 5) is 12.2. The highest BCUT2D eigenvalue weighted by molar-refractivity contribution is 8.00. The lowest BCUT2D eigenvalue weighted by Crippen LogP contribution is -2.36. The lowest BCUT2D eigenvalue weighted by Gasteiger charge is -2.14. The quantitative estimate of drug-likeness (QED) is 0.804. The Bertz CT molecular complexity index is 706. The summed E-state index contributed by atoms with van der Waals surface area (Å²) in [6.45, 7) is 5.12. The van der Waals surface area contributed by atoms with Gasteiger partial charge in [0.25, 0.3) is 0 Å². The van der Waals surface area contributed by atoms with Crippen molar-refractivity contribution in [3.63, 3.8) is 0 Å². The number of carbonyl (C=O) groups is 1. The van der Waals surface area contributed by atoms with Gasteiger partial charge in [0.05, 0.1) is 23.2 Å². The molecule has 1 amide bonds. The zero-order valence-corrected chi connectivity index (χ0v) is 14.9. The maximum atomic E-state index is 12.2. The van der Waals surface area contributed by atoms with E-state index >= 15 is 0 Å². The summed E-state index contributed by atoms with van der Waals surface area (Å²) in [5.74, 6) is 1.51. The van der Waals surface area contributed by atoms with Crippen LogP contribution >= 0.6 is 11.8 Å². The van der Waals surface area contributed by atoms with Crippen molar-refractivity contribution in [1.29, 1.82) is 0 Å². The summed E-state index contributed by atoms with van der Waals surface area (Å²) in [6, 6.07) is 1.87. The van der Waals surface area contributed by atoms with Crippen LogP contribution in [0.4, 0.5) is 0 Å². The van der Waals surface area contributed by atoms with Gasteiger partial charge in [0, 0.05) is 20.2 Å². The van der Waals surface area contributed by atoms with Crippen molar-refractivity contribution in [3.05, 3.63) is 18.1 Å². The number of nitrogens with zero attached hydrogens (tertiary/aromatic N) is 3. The van der Waals surface area contributed by atoms with Gasteiger partial charge in [-0.1, -0.05) is 11.8 Å².